The molecule has 1 aliphatic rings. The summed E-state index contributed by atoms with van der Waals surface area (Å²) in [5.41, 5.74) is 1.93. The van der Waals surface area contributed by atoms with Gasteiger partial charge in [-0.25, -0.2) is 12.8 Å². The zero-order chi connectivity index (χ0) is 21.7. The van der Waals surface area contributed by atoms with Crippen LogP contribution in [0.3, 0.4) is 0 Å². The largest absolute Gasteiger partial charge is 0.326 e. The molecule has 0 unspecified atom stereocenters. The molecule has 3 rings (SSSR count). The summed E-state index contributed by atoms with van der Waals surface area (Å²) >= 11 is 0. The van der Waals surface area contributed by atoms with Crippen LogP contribution in [0.1, 0.15) is 18.4 Å². The first-order valence-corrected chi connectivity index (χ1v) is 11.5. The number of sulfonamides is 1. The zero-order valence-electron chi connectivity index (χ0n) is 17.3. The Kier molecular flexibility index (Phi) is 7.23. The summed E-state index contributed by atoms with van der Waals surface area (Å²) < 4.78 is 40.6. The molecule has 1 saturated heterocycles. The molecule has 0 bridgehead atoms. The molecule has 0 atom stereocenters. The molecule has 0 spiro atoms. The topological polar surface area (TPSA) is 69.7 Å². The number of rotatable bonds is 7. The molecular formula is C22H28FN3O3S. The number of hydrogen-bond donors (Lipinski definition) is 1. The predicted octanol–water partition coefficient (Wildman–Crippen LogP) is 2.97. The SMILES string of the molecule is CN(C)CCc1ccc(NC(=O)C2CCN(S(=O)(=O)c3ccccc3F)CC2)cc1. The fraction of sp³-hybridized carbons (Fsp3) is 0.409. The van der Waals surface area contributed by atoms with Gasteiger partial charge in [0.15, 0.2) is 0 Å². The molecule has 6 nitrogen and oxygen atoms in total. The van der Waals surface area contributed by atoms with Crippen LogP contribution in [0.15, 0.2) is 53.4 Å². The van der Waals surface area contributed by atoms with Gasteiger partial charge in [0.2, 0.25) is 15.9 Å². The second kappa shape index (κ2) is 9.68. The lowest BCUT2D eigenvalue weighted by molar-refractivity contribution is -0.120. The number of halogens is 1. The van der Waals surface area contributed by atoms with Crippen molar-refractivity contribution in [2.45, 2.75) is 24.2 Å². The van der Waals surface area contributed by atoms with E-state index < -0.39 is 15.8 Å². The summed E-state index contributed by atoms with van der Waals surface area (Å²) in [4.78, 5) is 14.4. The van der Waals surface area contributed by atoms with E-state index in [0.717, 1.165) is 24.7 Å². The van der Waals surface area contributed by atoms with E-state index in [1.165, 1.54) is 28.1 Å². The van der Waals surface area contributed by atoms with Crippen molar-refractivity contribution in [3.05, 3.63) is 59.9 Å². The van der Waals surface area contributed by atoms with Crippen LogP contribution >= 0.6 is 0 Å². The number of anilines is 1. The van der Waals surface area contributed by atoms with Gasteiger partial charge in [0, 0.05) is 31.2 Å². The maximum Gasteiger partial charge on any atom is 0.245 e. The van der Waals surface area contributed by atoms with E-state index in [2.05, 4.69) is 10.2 Å². The number of likely N-dealkylation sites (N-methyl/N-ethyl adjacent to an activating group) is 1. The number of carbonyl (C=O) groups excluding carboxylic acids is 1. The van der Waals surface area contributed by atoms with Gasteiger partial charge in [0.25, 0.3) is 0 Å². The number of benzene rings is 2. The molecule has 0 saturated carbocycles. The van der Waals surface area contributed by atoms with Crippen LogP contribution in [0.4, 0.5) is 10.1 Å². The summed E-state index contributed by atoms with van der Waals surface area (Å²) in [5, 5.41) is 2.92. The fourth-order valence-corrected chi connectivity index (χ4v) is 5.04. The molecule has 1 aliphatic heterocycles. The molecule has 8 heteroatoms. The Bertz CT molecular complexity index is 969. The van der Waals surface area contributed by atoms with Crippen molar-refractivity contribution in [3.8, 4) is 0 Å². The summed E-state index contributed by atoms with van der Waals surface area (Å²) in [5.74, 6) is -1.14. The van der Waals surface area contributed by atoms with Crippen LogP contribution in [0.2, 0.25) is 0 Å². The summed E-state index contributed by atoms with van der Waals surface area (Å²) in [6.45, 7) is 1.34. The highest BCUT2D eigenvalue weighted by Gasteiger charge is 2.33. The fourth-order valence-electron chi connectivity index (χ4n) is 3.50. The summed E-state index contributed by atoms with van der Waals surface area (Å²) in [6.07, 6.45) is 1.75. The highest BCUT2D eigenvalue weighted by Crippen LogP contribution is 2.26. The van der Waals surface area contributed by atoms with Crippen molar-refractivity contribution >= 4 is 21.6 Å². The van der Waals surface area contributed by atoms with Gasteiger partial charge in [-0.05, 0) is 63.2 Å². The first kappa shape index (κ1) is 22.4. The lowest BCUT2D eigenvalue weighted by Gasteiger charge is -2.30. The minimum atomic E-state index is -3.89. The number of nitrogens with one attached hydrogen (secondary N) is 1. The Hall–Kier alpha value is -2.29. The molecule has 162 valence electrons. The van der Waals surface area contributed by atoms with Gasteiger partial charge in [0.1, 0.15) is 10.7 Å². The third-order valence-electron chi connectivity index (χ3n) is 5.35. The lowest BCUT2D eigenvalue weighted by Crippen LogP contribution is -2.41. The van der Waals surface area contributed by atoms with Crippen LogP contribution in [0.5, 0.6) is 0 Å². The number of hydrogen-bond acceptors (Lipinski definition) is 4. The number of nitrogens with zero attached hydrogens (tertiary/aromatic N) is 2. The Balaban J connectivity index is 1.55. The van der Waals surface area contributed by atoms with E-state index in [-0.39, 0.29) is 29.8 Å². The van der Waals surface area contributed by atoms with Crippen molar-refractivity contribution < 1.29 is 17.6 Å². The second-order valence-electron chi connectivity index (χ2n) is 7.85. The van der Waals surface area contributed by atoms with Crippen LogP contribution in [-0.2, 0) is 21.2 Å². The molecule has 2 aromatic carbocycles. The minimum absolute atomic E-state index is 0.112. The second-order valence-corrected chi connectivity index (χ2v) is 9.75. The van der Waals surface area contributed by atoms with Crippen molar-refractivity contribution in [2.24, 2.45) is 5.92 Å². The van der Waals surface area contributed by atoms with Gasteiger partial charge >= 0.3 is 0 Å². The van der Waals surface area contributed by atoms with Crippen LogP contribution in [0, 0.1) is 11.7 Å². The molecule has 1 fully saturated rings. The maximum absolute atomic E-state index is 13.9. The molecule has 2 aromatic rings. The molecule has 0 aromatic heterocycles. The highest BCUT2D eigenvalue weighted by atomic mass is 32.2. The Morgan fingerprint density at radius 3 is 2.33 bits per heavy atom. The molecule has 30 heavy (non-hydrogen) atoms. The summed E-state index contributed by atoms with van der Waals surface area (Å²) in [7, 11) is 0.164. The first-order chi connectivity index (χ1) is 14.3. The number of amides is 1. The predicted molar refractivity (Wildman–Crippen MR) is 115 cm³/mol. The van der Waals surface area contributed by atoms with Crippen molar-refractivity contribution in [3.63, 3.8) is 0 Å². The quantitative estimate of drug-likeness (QED) is 0.729. The minimum Gasteiger partial charge on any atom is -0.326 e. The van der Waals surface area contributed by atoms with Gasteiger partial charge in [-0.1, -0.05) is 24.3 Å². The van der Waals surface area contributed by atoms with E-state index >= 15 is 0 Å². The number of piperidine rings is 1. The van der Waals surface area contributed by atoms with Crippen LogP contribution in [-0.4, -0.2) is 57.3 Å². The van der Waals surface area contributed by atoms with E-state index in [1.807, 2.05) is 38.4 Å². The zero-order valence-corrected chi connectivity index (χ0v) is 18.2. The van der Waals surface area contributed by atoms with Gasteiger partial charge in [-0.15, -0.1) is 0 Å². The lowest BCUT2D eigenvalue weighted by atomic mass is 9.97. The van der Waals surface area contributed by atoms with Crippen molar-refractivity contribution in [1.29, 1.82) is 0 Å². The number of carbonyl (C=O) groups is 1. The highest BCUT2D eigenvalue weighted by molar-refractivity contribution is 7.89. The summed E-state index contributed by atoms with van der Waals surface area (Å²) in [6, 6.07) is 13.2. The molecular weight excluding hydrogens is 405 g/mol. The van der Waals surface area contributed by atoms with Crippen molar-refractivity contribution in [2.75, 3.05) is 39.0 Å². The van der Waals surface area contributed by atoms with Gasteiger partial charge in [0.05, 0.1) is 0 Å². The Morgan fingerprint density at radius 2 is 1.73 bits per heavy atom. The normalized spacial score (nSPS) is 16.0. The molecule has 1 heterocycles. The van der Waals surface area contributed by atoms with E-state index in [0.29, 0.717) is 12.8 Å². The monoisotopic (exact) mass is 433 g/mol. The molecule has 0 radical (unpaired) electrons. The van der Waals surface area contributed by atoms with Crippen molar-refractivity contribution in [1.82, 2.24) is 9.21 Å². The van der Waals surface area contributed by atoms with Gasteiger partial charge in [-0.3, -0.25) is 4.79 Å². The Morgan fingerprint density at radius 1 is 1.10 bits per heavy atom. The van der Waals surface area contributed by atoms with E-state index in [9.17, 15) is 17.6 Å². The molecule has 0 aliphatic carbocycles. The van der Waals surface area contributed by atoms with Gasteiger partial charge < -0.3 is 10.2 Å². The van der Waals surface area contributed by atoms with Crippen LogP contribution < -0.4 is 5.32 Å². The van der Waals surface area contributed by atoms with E-state index in [4.69, 9.17) is 0 Å². The van der Waals surface area contributed by atoms with Gasteiger partial charge in [-0.2, -0.15) is 4.31 Å². The first-order valence-electron chi connectivity index (χ1n) is 10.1. The average molecular weight is 434 g/mol. The Labute approximate surface area is 177 Å². The maximum atomic E-state index is 13.9. The molecule has 1 N–H and O–H groups in total. The van der Waals surface area contributed by atoms with Crippen LogP contribution in [0.25, 0.3) is 0 Å². The van der Waals surface area contributed by atoms with E-state index in [1.54, 1.807) is 0 Å². The smallest absolute Gasteiger partial charge is 0.245 e. The third-order valence-corrected chi connectivity index (χ3v) is 7.28. The third kappa shape index (κ3) is 5.44. The standard InChI is InChI=1S/C22H28FN3O3S/c1-25(2)14-11-17-7-9-19(10-8-17)24-22(27)18-12-15-26(16-13-18)30(28,29)21-6-4-3-5-20(21)23/h3-10,18H,11-16H2,1-2H3,(H,24,27). The average Bonchev–Trinajstić information content (AvgIpc) is 2.73. The molecule has 1 amide bonds.